The number of thiophene rings is 1. The van der Waals surface area contributed by atoms with Crippen molar-refractivity contribution in [2.45, 2.75) is 23.5 Å². The van der Waals surface area contributed by atoms with Gasteiger partial charge in [0.1, 0.15) is 4.21 Å². The molecular weight excluding hydrogens is 358 g/mol. The Morgan fingerprint density at radius 3 is 2.64 bits per heavy atom. The molecule has 130 valence electrons. The fourth-order valence-electron chi connectivity index (χ4n) is 2.71. The Hall–Kier alpha value is -2.03. The molecule has 6 nitrogen and oxygen atoms in total. The highest BCUT2D eigenvalue weighted by atomic mass is 32.2. The Morgan fingerprint density at radius 2 is 1.96 bits per heavy atom. The van der Waals surface area contributed by atoms with Crippen LogP contribution in [0.3, 0.4) is 0 Å². The summed E-state index contributed by atoms with van der Waals surface area (Å²) in [5.41, 5.74) is 0.881. The minimum atomic E-state index is -3.42. The molecule has 0 atom stereocenters. The van der Waals surface area contributed by atoms with Gasteiger partial charge in [-0.05, 0) is 18.6 Å². The average Bonchev–Trinajstić information content (AvgIpc) is 3.24. The minimum absolute atomic E-state index is 0.0506. The van der Waals surface area contributed by atoms with Crippen LogP contribution in [0.25, 0.3) is 11.4 Å². The summed E-state index contributed by atoms with van der Waals surface area (Å²) in [6.07, 6.45) is 0.840. The van der Waals surface area contributed by atoms with Gasteiger partial charge in [-0.25, -0.2) is 8.42 Å². The molecule has 1 saturated heterocycles. The normalized spacial score (nSPS) is 16.0. The third-order valence-electron chi connectivity index (χ3n) is 4.25. The Bertz CT molecular complexity index is 974. The number of sulfonamides is 1. The van der Waals surface area contributed by atoms with Crippen LogP contribution in [0, 0.1) is 0 Å². The van der Waals surface area contributed by atoms with Crippen LogP contribution in [0.15, 0.2) is 51.2 Å². The number of aromatic nitrogens is 2. The van der Waals surface area contributed by atoms with Crippen molar-refractivity contribution < 1.29 is 12.9 Å². The molecular formula is C17H17N3O3S2. The van der Waals surface area contributed by atoms with E-state index in [4.69, 9.17) is 4.52 Å². The fraction of sp³-hybridized carbons (Fsp3) is 0.294. The van der Waals surface area contributed by atoms with Gasteiger partial charge in [-0.3, -0.25) is 0 Å². The number of benzene rings is 1. The van der Waals surface area contributed by atoms with E-state index < -0.39 is 10.0 Å². The lowest BCUT2D eigenvalue weighted by atomic mass is 10.0. The molecule has 0 radical (unpaired) electrons. The van der Waals surface area contributed by atoms with Gasteiger partial charge in [-0.1, -0.05) is 42.4 Å². The van der Waals surface area contributed by atoms with Gasteiger partial charge in [0.2, 0.25) is 11.7 Å². The molecule has 4 rings (SSSR count). The second-order valence-corrected chi connectivity index (χ2v) is 9.25. The largest absolute Gasteiger partial charge is 0.339 e. The lowest BCUT2D eigenvalue weighted by Crippen LogP contribution is -2.48. The van der Waals surface area contributed by atoms with Crippen molar-refractivity contribution in [1.82, 2.24) is 14.4 Å². The van der Waals surface area contributed by atoms with E-state index >= 15 is 0 Å². The predicted octanol–water partition coefficient (Wildman–Crippen LogP) is 3.15. The molecule has 0 N–H and O–H groups in total. The summed E-state index contributed by atoms with van der Waals surface area (Å²) in [6.45, 7) is 2.76. The van der Waals surface area contributed by atoms with Gasteiger partial charge in [0.05, 0.1) is 5.92 Å². The average molecular weight is 375 g/mol. The highest BCUT2D eigenvalue weighted by molar-refractivity contribution is 7.91. The molecule has 0 unspecified atom stereocenters. The van der Waals surface area contributed by atoms with E-state index in [1.54, 1.807) is 6.07 Å². The standard InChI is InChI=1S/C17H17N3O3S2/c1-2-14-8-9-15(24-14)25(21,22)20-10-13(11-20)17-18-16(19-23-17)12-6-4-3-5-7-12/h3-9,13H,2,10-11H2,1H3. The molecule has 3 heterocycles. The molecule has 0 saturated carbocycles. The van der Waals surface area contributed by atoms with Crippen molar-refractivity contribution in [2.75, 3.05) is 13.1 Å². The van der Waals surface area contributed by atoms with Crippen molar-refractivity contribution in [2.24, 2.45) is 0 Å². The molecule has 0 aliphatic carbocycles. The van der Waals surface area contributed by atoms with Crippen molar-refractivity contribution >= 4 is 21.4 Å². The molecule has 8 heteroatoms. The van der Waals surface area contributed by atoms with E-state index in [0.29, 0.717) is 29.0 Å². The van der Waals surface area contributed by atoms with Gasteiger partial charge in [0.15, 0.2) is 0 Å². The molecule has 0 spiro atoms. The molecule has 1 aromatic carbocycles. The van der Waals surface area contributed by atoms with Gasteiger partial charge in [0, 0.05) is 23.5 Å². The van der Waals surface area contributed by atoms with Gasteiger partial charge in [-0.2, -0.15) is 9.29 Å². The van der Waals surface area contributed by atoms with Gasteiger partial charge in [-0.15, -0.1) is 11.3 Å². The van der Waals surface area contributed by atoms with Crippen LogP contribution in [0.5, 0.6) is 0 Å². The molecule has 1 aliphatic rings. The Balaban J connectivity index is 1.46. The molecule has 0 bridgehead atoms. The molecule has 2 aromatic heterocycles. The van der Waals surface area contributed by atoms with Crippen molar-refractivity contribution in [1.29, 1.82) is 0 Å². The minimum Gasteiger partial charge on any atom is -0.339 e. The third kappa shape index (κ3) is 3.01. The summed E-state index contributed by atoms with van der Waals surface area (Å²) < 4.78 is 32.4. The Labute approximate surface area is 150 Å². The van der Waals surface area contributed by atoms with Gasteiger partial charge >= 0.3 is 0 Å². The summed E-state index contributed by atoms with van der Waals surface area (Å²) in [4.78, 5) is 5.48. The third-order valence-corrected chi connectivity index (χ3v) is 7.78. The first kappa shape index (κ1) is 16.4. The zero-order chi connectivity index (χ0) is 17.4. The SMILES string of the molecule is CCc1ccc(S(=O)(=O)N2CC(c3nc(-c4ccccc4)no3)C2)s1. The van der Waals surface area contributed by atoms with Crippen LogP contribution in [0.1, 0.15) is 23.6 Å². The topological polar surface area (TPSA) is 76.3 Å². The fourth-order valence-corrected chi connectivity index (χ4v) is 5.69. The number of hydrogen-bond acceptors (Lipinski definition) is 6. The summed E-state index contributed by atoms with van der Waals surface area (Å²) >= 11 is 1.33. The lowest BCUT2D eigenvalue weighted by molar-refractivity contribution is 0.217. The van der Waals surface area contributed by atoms with Crippen LogP contribution in [0.4, 0.5) is 0 Å². The van der Waals surface area contributed by atoms with Crippen LogP contribution in [-0.2, 0) is 16.4 Å². The zero-order valence-corrected chi connectivity index (χ0v) is 15.3. The van der Waals surface area contributed by atoms with E-state index in [9.17, 15) is 8.42 Å². The van der Waals surface area contributed by atoms with Crippen molar-refractivity contribution in [3.05, 3.63) is 53.2 Å². The quantitative estimate of drug-likeness (QED) is 0.685. The molecule has 0 amide bonds. The number of hydrogen-bond donors (Lipinski definition) is 0. The van der Waals surface area contributed by atoms with Crippen LogP contribution in [0.2, 0.25) is 0 Å². The number of rotatable bonds is 5. The van der Waals surface area contributed by atoms with E-state index in [2.05, 4.69) is 10.1 Å². The van der Waals surface area contributed by atoms with Crippen LogP contribution in [-0.4, -0.2) is 36.0 Å². The smallest absolute Gasteiger partial charge is 0.252 e. The van der Waals surface area contributed by atoms with Crippen LogP contribution < -0.4 is 0 Å². The first-order valence-electron chi connectivity index (χ1n) is 8.06. The second-order valence-electron chi connectivity index (χ2n) is 5.92. The summed E-state index contributed by atoms with van der Waals surface area (Å²) in [5, 5.41) is 4.00. The van der Waals surface area contributed by atoms with Crippen LogP contribution >= 0.6 is 11.3 Å². The molecule has 1 aliphatic heterocycles. The summed E-state index contributed by atoms with van der Waals surface area (Å²) in [5.74, 6) is 0.971. The Morgan fingerprint density at radius 1 is 1.20 bits per heavy atom. The zero-order valence-electron chi connectivity index (χ0n) is 13.6. The Kier molecular flexibility index (Phi) is 4.18. The summed E-state index contributed by atoms with van der Waals surface area (Å²) in [6, 6.07) is 13.1. The van der Waals surface area contributed by atoms with Crippen molar-refractivity contribution in [3.8, 4) is 11.4 Å². The maximum atomic E-state index is 12.6. The second kappa shape index (κ2) is 6.36. The van der Waals surface area contributed by atoms with Crippen molar-refractivity contribution in [3.63, 3.8) is 0 Å². The maximum absolute atomic E-state index is 12.6. The monoisotopic (exact) mass is 375 g/mol. The predicted molar refractivity (Wildman–Crippen MR) is 94.9 cm³/mol. The first-order chi connectivity index (χ1) is 12.1. The van der Waals surface area contributed by atoms with E-state index in [0.717, 1.165) is 16.9 Å². The van der Waals surface area contributed by atoms with E-state index in [-0.39, 0.29) is 5.92 Å². The summed E-state index contributed by atoms with van der Waals surface area (Å²) in [7, 11) is -3.42. The van der Waals surface area contributed by atoms with E-state index in [1.807, 2.05) is 43.3 Å². The highest BCUT2D eigenvalue weighted by Crippen LogP contribution is 2.34. The number of aryl methyl sites for hydroxylation is 1. The van der Waals surface area contributed by atoms with Gasteiger partial charge < -0.3 is 4.52 Å². The van der Waals surface area contributed by atoms with E-state index in [1.165, 1.54) is 15.6 Å². The molecule has 1 fully saturated rings. The highest BCUT2D eigenvalue weighted by Gasteiger charge is 2.41. The first-order valence-corrected chi connectivity index (χ1v) is 10.3. The van der Waals surface area contributed by atoms with Gasteiger partial charge in [0.25, 0.3) is 10.0 Å². The maximum Gasteiger partial charge on any atom is 0.252 e. The molecule has 3 aromatic rings. The molecule has 25 heavy (non-hydrogen) atoms. The number of nitrogens with zero attached hydrogens (tertiary/aromatic N) is 3. The lowest BCUT2D eigenvalue weighted by Gasteiger charge is -2.35.